The molecule has 0 spiro atoms. The fourth-order valence-electron chi connectivity index (χ4n) is 4.10. The molecule has 0 bridgehead atoms. The van der Waals surface area contributed by atoms with Gasteiger partial charge in [0.15, 0.2) is 0 Å². The molecule has 33 heavy (non-hydrogen) atoms. The number of anilines is 1. The Balaban J connectivity index is 1.64. The summed E-state index contributed by atoms with van der Waals surface area (Å²) in [5.74, 6) is 0.712. The van der Waals surface area contributed by atoms with E-state index < -0.39 is 28.4 Å². The zero-order valence-electron chi connectivity index (χ0n) is 19.9. The molecule has 2 atom stereocenters. The summed E-state index contributed by atoms with van der Waals surface area (Å²) < 4.78 is 40.5. The minimum atomic E-state index is -3.66. The standard InChI is InChI=1S/C21H36N6O5S/c1-16(2)32-21(28)27-12-5-7-18(24-33(29,30)25(3)4)19(27)15-31-17-8-13-26(14-9-17)20-22-10-6-11-23-20/h6,10-11,16-19,24H,5,7-9,12-15H2,1-4H3. The van der Waals surface area contributed by atoms with E-state index in [0.717, 1.165) is 30.2 Å². The van der Waals surface area contributed by atoms with E-state index >= 15 is 0 Å². The average Bonchev–Trinajstić information content (AvgIpc) is 2.78. The minimum absolute atomic E-state index is 0.0148. The van der Waals surface area contributed by atoms with Gasteiger partial charge in [-0.3, -0.25) is 0 Å². The monoisotopic (exact) mass is 484 g/mol. The van der Waals surface area contributed by atoms with Crippen LogP contribution in [0.5, 0.6) is 0 Å². The van der Waals surface area contributed by atoms with Crippen LogP contribution in [0.3, 0.4) is 0 Å². The summed E-state index contributed by atoms with van der Waals surface area (Å²) in [5, 5.41) is 0. The highest BCUT2D eigenvalue weighted by Gasteiger charge is 2.38. The molecule has 2 saturated heterocycles. The highest BCUT2D eigenvalue weighted by molar-refractivity contribution is 7.87. The second-order valence-corrected chi connectivity index (χ2v) is 10.8. The molecule has 2 fully saturated rings. The number of hydrogen-bond acceptors (Lipinski definition) is 8. The Morgan fingerprint density at radius 3 is 2.45 bits per heavy atom. The molecule has 0 radical (unpaired) electrons. The summed E-state index contributed by atoms with van der Waals surface area (Å²) in [6.07, 6.45) is 5.68. The van der Waals surface area contributed by atoms with E-state index in [0.29, 0.717) is 25.3 Å². The first-order valence-corrected chi connectivity index (χ1v) is 12.9. The molecule has 1 aromatic rings. The molecule has 1 amide bonds. The maximum Gasteiger partial charge on any atom is 0.410 e. The summed E-state index contributed by atoms with van der Waals surface area (Å²) in [5.41, 5.74) is 0. The lowest BCUT2D eigenvalue weighted by Crippen LogP contribution is -2.60. The van der Waals surface area contributed by atoms with Crippen LogP contribution in [0.1, 0.15) is 39.5 Å². The summed E-state index contributed by atoms with van der Waals surface area (Å²) in [6, 6.07) is 0.888. The molecule has 11 nitrogen and oxygen atoms in total. The predicted molar refractivity (Wildman–Crippen MR) is 124 cm³/mol. The van der Waals surface area contributed by atoms with Gasteiger partial charge in [-0.25, -0.2) is 14.8 Å². The van der Waals surface area contributed by atoms with Crippen molar-refractivity contribution in [3.05, 3.63) is 18.5 Å². The molecule has 1 N–H and O–H groups in total. The molecule has 186 valence electrons. The van der Waals surface area contributed by atoms with E-state index in [2.05, 4.69) is 19.6 Å². The summed E-state index contributed by atoms with van der Waals surface area (Å²) in [7, 11) is -0.700. The van der Waals surface area contributed by atoms with Gasteiger partial charge in [0.1, 0.15) is 0 Å². The Labute approximate surface area is 196 Å². The van der Waals surface area contributed by atoms with Crippen molar-refractivity contribution in [2.24, 2.45) is 0 Å². The van der Waals surface area contributed by atoms with E-state index in [1.54, 1.807) is 37.2 Å². The molecule has 12 heteroatoms. The van der Waals surface area contributed by atoms with Gasteiger partial charge in [-0.1, -0.05) is 0 Å². The predicted octanol–water partition coefficient (Wildman–Crippen LogP) is 1.24. The van der Waals surface area contributed by atoms with Gasteiger partial charge in [-0.15, -0.1) is 0 Å². The highest BCUT2D eigenvalue weighted by Crippen LogP contribution is 2.23. The number of likely N-dealkylation sites (tertiary alicyclic amines) is 1. The zero-order valence-corrected chi connectivity index (χ0v) is 20.7. The van der Waals surface area contributed by atoms with Crippen LogP contribution < -0.4 is 9.62 Å². The van der Waals surface area contributed by atoms with E-state index in [-0.39, 0.29) is 18.8 Å². The smallest absolute Gasteiger partial charge is 0.410 e. The minimum Gasteiger partial charge on any atom is -0.447 e. The van der Waals surface area contributed by atoms with Crippen molar-refractivity contribution in [2.45, 2.75) is 63.8 Å². The molecule has 2 aliphatic rings. The Morgan fingerprint density at radius 2 is 1.85 bits per heavy atom. The maximum absolute atomic E-state index is 12.8. The van der Waals surface area contributed by atoms with Crippen LogP contribution in [0.2, 0.25) is 0 Å². The van der Waals surface area contributed by atoms with Crippen molar-refractivity contribution in [3.8, 4) is 0 Å². The number of nitrogens with one attached hydrogen (secondary N) is 1. The summed E-state index contributed by atoms with van der Waals surface area (Å²) in [4.78, 5) is 25.1. The SMILES string of the molecule is CC(C)OC(=O)N1CCCC(NS(=O)(=O)N(C)C)C1COC1CCN(c2ncccn2)CC1. The summed E-state index contributed by atoms with van der Waals surface area (Å²) in [6.45, 7) is 5.88. The third kappa shape index (κ3) is 6.98. The van der Waals surface area contributed by atoms with Crippen LogP contribution >= 0.6 is 0 Å². The Kier molecular flexibility index (Phi) is 8.85. The topological polar surface area (TPSA) is 117 Å². The van der Waals surface area contributed by atoms with Crippen LogP contribution in [0.4, 0.5) is 10.7 Å². The van der Waals surface area contributed by atoms with Crippen molar-refractivity contribution in [1.82, 2.24) is 23.9 Å². The summed E-state index contributed by atoms with van der Waals surface area (Å²) >= 11 is 0. The fourth-order valence-corrected chi connectivity index (χ4v) is 4.97. The number of nitrogens with zero attached hydrogens (tertiary/aromatic N) is 5. The van der Waals surface area contributed by atoms with Gasteiger partial charge in [0.05, 0.1) is 24.9 Å². The number of amides is 1. The number of carbonyl (C=O) groups is 1. The number of aromatic nitrogens is 2. The van der Waals surface area contributed by atoms with Gasteiger partial charge >= 0.3 is 6.09 Å². The molecule has 3 heterocycles. The lowest BCUT2D eigenvalue weighted by Gasteiger charge is -2.42. The number of piperidine rings is 2. The quantitative estimate of drug-likeness (QED) is 0.586. The molecule has 0 saturated carbocycles. The number of carbonyl (C=O) groups excluding carboxylic acids is 1. The van der Waals surface area contributed by atoms with Crippen molar-refractivity contribution in [2.75, 3.05) is 45.2 Å². The number of hydrogen-bond donors (Lipinski definition) is 1. The lowest BCUT2D eigenvalue weighted by atomic mass is 9.97. The molecule has 1 aromatic heterocycles. The first-order valence-electron chi connectivity index (χ1n) is 11.5. The first kappa shape index (κ1) is 25.6. The van der Waals surface area contributed by atoms with Crippen molar-refractivity contribution in [3.63, 3.8) is 0 Å². The molecule has 0 aliphatic carbocycles. The lowest BCUT2D eigenvalue weighted by molar-refractivity contribution is -0.0242. The largest absolute Gasteiger partial charge is 0.447 e. The van der Waals surface area contributed by atoms with Gasteiger partial charge in [0.2, 0.25) is 5.95 Å². The molecule has 0 aromatic carbocycles. The van der Waals surface area contributed by atoms with Crippen molar-refractivity contribution >= 4 is 22.3 Å². The van der Waals surface area contributed by atoms with Gasteiger partial charge < -0.3 is 19.3 Å². The Morgan fingerprint density at radius 1 is 1.18 bits per heavy atom. The Bertz CT molecular complexity index is 861. The maximum atomic E-state index is 12.8. The molecule has 3 rings (SSSR count). The van der Waals surface area contributed by atoms with Crippen LogP contribution in [0.15, 0.2) is 18.5 Å². The van der Waals surface area contributed by atoms with Crippen LogP contribution in [0, 0.1) is 0 Å². The fraction of sp³-hybridized carbons (Fsp3) is 0.762. The van der Waals surface area contributed by atoms with Crippen LogP contribution in [0.25, 0.3) is 0 Å². The molecular weight excluding hydrogens is 448 g/mol. The second kappa shape index (κ2) is 11.4. The first-order chi connectivity index (χ1) is 15.7. The van der Waals surface area contributed by atoms with Crippen molar-refractivity contribution in [1.29, 1.82) is 0 Å². The van der Waals surface area contributed by atoms with E-state index in [9.17, 15) is 13.2 Å². The molecular formula is C21H36N6O5S. The number of rotatable bonds is 8. The highest BCUT2D eigenvalue weighted by atomic mass is 32.2. The van der Waals surface area contributed by atoms with Crippen LogP contribution in [-0.2, 0) is 19.7 Å². The molecule has 2 unspecified atom stereocenters. The van der Waals surface area contributed by atoms with Gasteiger partial charge in [0.25, 0.3) is 10.2 Å². The average molecular weight is 485 g/mol. The third-order valence-electron chi connectivity index (χ3n) is 5.91. The Hall–Kier alpha value is -2.02. The third-order valence-corrected chi connectivity index (χ3v) is 7.47. The second-order valence-electron chi connectivity index (χ2n) is 8.92. The van der Waals surface area contributed by atoms with Gasteiger partial charge in [-0.2, -0.15) is 17.4 Å². The zero-order chi connectivity index (χ0) is 24.0. The normalized spacial score (nSPS) is 22.7. The van der Waals surface area contributed by atoms with Crippen molar-refractivity contribution < 1.29 is 22.7 Å². The van der Waals surface area contributed by atoms with Gasteiger partial charge in [-0.05, 0) is 45.6 Å². The number of ether oxygens (including phenoxy) is 2. The van der Waals surface area contributed by atoms with E-state index in [4.69, 9.17) is 9.47 Å². The molecule has 2 aliphatic heterocycles. The van der Waals surface area contributed by atoms with E-state index in [1.807, 2.05) is 0 Å². The van der Waals surface area contributed by atoms with E-state index in [1.165, 1.54) is 14.1 Å². The van der Waals surface area contributed by atoms with Crippen LogP contribution in [-0.4, -0.2) is 98.3 Å². The van der Waals surface area contributed by atoms with Gasteiger partial charge in [0, 0.05) is 52.2 Å².